The van der Waals surface area contributed by atoms with Gasteiger partial charge in [-0.05, 0) is 30.3 Å². The van der Waals surface area contributed by atoms with Gasteiger partial charge in [-0.15, -0.1) is 11.8 Å². The maximum Gasteiger partial charge on any atom is 0.0904 e. The van der Waals surface area contributed by atoms with E-state index < -0.39 is 6.10 Å². The van der Waals surface area contributed by atoms with Crippen molar-refractivity contribution >= 4 is 38.6 Å². The second-order valence-electron chi connectivity index (χ2n) is 4.70. The normalized spacial score (nSPS) is 12.5. The number of thioether (sulfide) groups is 1. The van der Waals surface area contributed by atoms with E-state index in [-0.39, 0.29) is 0 Å². The molecule has 0 amide bonds. The van der Waals surface area contributed by atoms with E-state index in [1.807, 2.05) is 54.6 Å². The highest BCUT2D eigenvalue weighted by molar-refractivity contribution is 9.10. The predicted octanol–water partition coefficient (Wildman–Crippen LogP) is 4.82. The van der Waals surface area contributed by atoms with Gasteiger partial charge in [-0.1, -0.05) is 40.2 Å². The van der Waals surface area contributed by atoms with Crippen LogP contribution < -0.4 is 0 Å². The van der Waals surface area contributed by atoms with Gasteiger partial charge in [0.2, 0.25) is 0 Å². The number of aliphatic hydroxyl groups is 1. The molecule has 0 aliphatic rings. The number of rotatable bonds is 4. The highest BCUT2D eigenvalue weighted by Gasteiger charge is 2.12. The zero-order chi connectivity index (χ0) is 14.7. The molecule has 0 saturated carbocycles. The van der Waals surface area contributed by atoms with Crippen molar-refractivity contribution in [2.75, 3.05) is 5.75 Å². The Balaban J connectivity index is 1.78. The summed E-state index contributed by atoms with van der Waals surface area (Å²) in [7, 11) is 0. The van der Waals surface area contributed by atoms with Crippen LogP contribution in [0.3, 0.4) is 0 Å². The third-order valence-corrected chi connectivity index (χ3v) is 4.86. The minimum Gasteiger partial charge on any atom is -0.387 e. The lowest BCUT2D eigenvalue weighted by molar-refractivity contribution is 0.205. The van der Waals surface area contributed by atoms with Crippen molar-refractivity contribution in [3.63, 3.8) is 0 Å². The number of aliphatic hydroxyl groups excluding tert-OH is 1. The third-order valence-electron chi connectivity index (χ3n) is 3.24. The van der Waals surface area contributed by atoms with Crippen molar-refractivity contribution in [3.8, 4) is 0 Å². The summed E-state index contributed by atoms with van der Waals surface area (Å²) in [5, 5.41) is 11.5. The summed E-state index contributed by atoms with van der Waals surface area (Å²) >= 11 is 5.06. The molecule has 1 unspecified atom stereocenters. The Hall–Kier alpha value is -1.36. The van der Waals surface area contributed by atoms with Gasteiger partial charge in [-0.2, -0.15) is 0 Å². The second kappa shape index (κ2) is 6.60. The molecular weight excluding hydrogens is 346 g/mol. The van der Waals surface area contributed by atoms with E-state index in [4.69, 9.17) is 0 Å². The van der Waals surface area contributed by atoms with E-state index in [1.54, 1.807) is 18.0 Å². The van der Waals surface area contributed by atoms with Crippen LogP contribution in [0, 0.1) is 0 Å². The summed E-state index contributed by atoms with van der Waals surface area (Å²) < 4.78 is 1.06. The molecule has 0 aliphatic heterocycles. The summed E-state index contributed by atoms with van der Waals surface area (Å²) in [5.41, 5.74) is 1.77. The van der Waals surface area contributed by atoms with Gasteiger partial charge in [0.1, 0.15) is 0 Å². The average Bonchev–Trinajstić information content (AvgIpc) is 2.53. The number of fused-ring (bicyclic) bond motifs is 1. The first kappa shape index (κ1) is 14.6. The molecule has 21 heavy (non-hydrogen) atoms. The first-order chi connectivity index (χ1) is 10.2. The summed E-state index contributed by atoms with van der Waals surface area (Å²) in [4.78, 5) is 5.54. The Morgan fingerprint density at radius 3 is 2.62 bits per heavy atom. The summed E-state index contributed by atoms with van der Waals surface area (Å²) in [6, 6.07) is 18.0. The van der Waals surface area contributed by atoms with Gasteiger partial charge in [0.15, 0.2) is 0 Å². The fourth-order valence-corrected chi connectivity index (χ4v) is 3.32. The van der Waals surface area contributed by atoms with Crippen molar-refractivity contribution in [2.24, 2.45) is 0 Å². The molecule has 4 heteroatoms. The van der Waals surface area contributed by atoms with Crippen LogP contribution >= 0.6 is 27.7 Å². The van der Waals surface area contributed by atoms with Gasteiger partial charge in [0, 0.05) is 32.3 Å². The maximum absolute atomic E-state index is 10.5. The molecule has 0 saturated heterocycles. The molecular formula is C17H14BrNOS. The molecule has 3 rings (SSSR count). The Bertz CT molecular complexity index is 740. The average molecular weight is 360 g/mol. The first-order valence-electron chi connectivity index (χ1n) is 6.64. The van der Waals surface area contributed by atoms with E-state index in [0.29, 0.717) is 5.75 Å². The highest BCUT2D eigenvalue weighted by Crippen LogP contribution is 2.28. The number of halogens is 1. The second-order valence-corrected chi connectivity index (χ2v) is 6.71. The lowest BCUT2D eigenvalue weighted by atomic mass is 10.1. The topological polar surface area (TPSA) is 33.1 Å². The van der Waals surface area contributed by atoms with Crippen LogP contribution in [0.5, 0.6) is 0 Å². The number of hydrogen-bond donors (Lipinski definition) is 1. The molecule has 3 aromatic rings. The van der Waals surface area contributed by atoms with Crippen molar-refractivity contribution in [1.82, 2.24) is 4.98 Å². The number of hydrogen-bond acceptors (Lipinski definition) is 3. The standard InChI is InChI=1S/C17H14BrNOS/c18-13-6-8-14(9-7-13)21-11-16(20)15-5-1-3-12-4-2-10-19-17(12)15/h1-10,16,20H,11H2. The highest BCUT2D eigenvalue weighted by atomic mass is 79.9. The molecule has 0 radical (unpaired) electrons. The van der Waals surface area contributed by atoms with Gasteiger partial charge >= 0.3 is 0 Å². The number of aromatic nitrogens is 1. The van der Waals surface area contributed by atoms with E-state index in [1.165, 1.54) is 0 Å². The maximum atomic E-state index is 10.5. The molecule has 2 aromatic carbocycles. The van der Waals surface area contributed by atoms with Crippen molar-refractivity contribution in [1.29, 1.82) is 0 Å². The lowest BCUT2D eigenvalue weighted by Crippen LogP contribution is -2.02. The van der Waals surface area contributed by atoms with Crippen LogP contribution in [0.15, 0.2) is 70.2 Å². The van der Waals surface area contributed by atoms with Crippen molar-refractivity contribution < 1.29 is 5.11 Å². The molecule has 1 N–H and O–H groups in total. The SMILES string of the molecule is OC(CSc1ccc(Br)cc1)c1cccc2cccnc12. The molecule has 1 heterocycles. The fraction of sp³-hybridized carbons (Fsp3) is 0.118. The van der Waals surface area contributed by atoms with Crippen LogP contribution in [0.2, 0.25) is 0 Å². The largest absolute Gasteiger partial charge is 0.387 e. The number of para-hydroxylation sites is 1. The van der Waals surface area contributed by atoms with Crippen LogP contribution in [-0.2, 0) is 0 Å². The van der Waals surface area contributed by atoms with Crippen LogP contribution in [0.4, 0.5) is 0 Å². The fourth-order valence-electron chi connectivity index (χ4n) is 2.19. The molecule has 2 nitrogen and oxygen atoms in total. The lowest BCUT2D eigenvalue weighted by Gasteiger charge is -2.12. The van der Waals surface area contributed by atoms with Crippen LogP contribution in [-0.4, -0.2) is 15.8 Å². The molecule has 0 bridgehead atoms. The van der Waals surface area contributed by atoms with E-state index >= 15 is 0 Å². The Morgan fingerprint density at radius 1 is 1.05 bits per heavy atom. The molecule has 1 atom stereocenters. The van der Waals surface area contributed by atoms with Crippen LogP contribution in [0.1, 0.15) is 11.7 Å². The number of benzene rings is 2. The number of nitrogens with zero attached hydrogens (tertiary/aromatic N) is 1. The number of pyridine rings is 1. The Morgan fingerprint density at radius 2 is 1.81 bits per heavy atom. The molecule has 106 valence electrons. The molecule has 0 aliphatic carbocycles. The Kier molecular flexibility index (Phi) is 4.58. The van der Waals surface area contributed by atoms with Crippen LogP contribution in [0.25, 0.3) is 10.9 Å². The van der Waals surface area contributed by atoms with Crippen molar-refractivity contribution in [3.05, 3.63) is 70.8 Å². The minimum absolute atomic E-state index is 0.530. The van der Waals surface area contributed by atoms with Crippen molar-refractivity contribution in [2.45, 2.75) is 11.0 Å². The third kappa shape index (κ3) is 3.46. The Labute approximate surface area is 136 Å². The quantitative estimate of drug-likeness (QED) is 0.677. The summed E-state index contributed by atoms with van der Waals surface area (Å²) in [5.74, 6) is 0.608. The molecule has 0 fully saturated rings. The van der Waals surface area contributed by atoms with Gasteiger partial charge < -0.3 is 5.11 Å². The summed E-state index contributed by atoms with van der Waals surface area (Å²) in [6.07, 6.45) is 1.23. The molecule has 1 aromatic heterocycles. The zero-order valence-electron chi connectivity index (χ0n) is 11.2. The monoisotopic (exact) mass is 359 g/mol. The van der Waals surface area contributed by atoms with Gasteiger partial charge in [-0.25, -0.2) is 0 Å². The van der Waals surface area contributed by atoms with Gasteiger partial charge in [0.25, 0.3) is 0 Å². The summed E-state index contributed by atoms with van der Waals surface area (Å²) in [6.45, 7) is 0. The van der Waals surface area contributed by atoms with E-state index in [2.05, 4.69) is 20.9 Å². The van der Waals surface area contributed by atoms with Gasteiger partial charge in [-0.3, -0.25) is 4.98 Å². The predicted molar refractivity (Wildman–Crippen MR) is 91.6 cm³/mol. The van der Waals surface area contributed by atoms with Gasteiger partial charge in [0.05, 0.1) is 11.6 Å². The minimum atomic E-state index is -0.530. The van der Waals surface area contributed by atoms with E-state index in [0.717, 1.165) is 25.8 Å². The first-order valence-corrected chi connectivity index (χ1v) is 8.42. The molecule has 0 spiro atoms. The zero-order valence-corrected chi connectivity index (χ0v) is 13.6. The smallest absolute Gasteiger partial charge is 0.0904 e. The van der Waals surface area contributed by atoms with E-state index in [9.17, 15) is 5.11 Å².